The van der Waals surface area contributed by atoms with Crippen LogP contribution in [0.1, 0.15) is 23.1 Å². The van der Waals surface area contributed by atoms with Crippen LogP contribution in [-0.2, 0) is 14.8 Å². The molecule has 0 aromatic heterocycles. The van der Waals surface area contributed by atoms with Gasteiger partial charge in [0, 0.05) is 30.7 Å². The number of hydrogen-bond donors (Lipinski definition) is 1. The van der Waals surface area contributed by atoms with Gasteiger partial charge in [0.1, 0.15) is 0 Å². The maximum atomic E-state index is 13.3. The summed E-state index contributed by atoms with van der Waals surface area (Å²) in [5.41, 5.74) is 3.20. The number of piperidine rings is 1. The predicted octanol–water partition coefficient (Wildman–Crippen LogP) is 2.33. The second-order valence-corrected chi connectivity index (χ2v) is 10.6. The van der Waals surface area contributed by atoms with E-state index < -0.39 is 10.0 Å². The molecule has 1 aliphatic rings. The van der Waals surface area contributed by atoms with E-state index in [0.717, 1.165) is 17.7 Å². The summed E-state index contributed by atoms with van der Waals surface area (Å²) < 4.78 is 27.6. The van der Waals surface area contributed by atoms with E-state index in [9.17, 15) is 13.2 Å². The van der Waals surface area contributed by atoms with Crippen molar-refractivity contribution in [3.05, 3.63) is 87.8 Å². The summed E-state index contributed by atoms with van der Waals surface area (Å²) in [5, 5.41) is 9.01. The number of carbonyl (C=O) groups is 1. The van der Waals surface area contributed by atoms with Crippen molar-refractivity contribution in [2.75, 3.05) is 39.5 Å². The number of sulfonamides is 1. The lowest BCUT2D eigenvalue weighted by Crippen LogP contribution is -3.05. The molecule has 0 saturated carbocycles. The molecule has 0 amide bonds. The third-order valence-corrected chi connectivity index (χ3v) is 7.34. The third-order valence-electron chi connectivity index (χ3n) is 5.49. The number of Topliss-reactive ketones (excluding diaryl/α,β-unsaturated/α-hetero) is 1. The van der Waals surface area contributed by atoms with Gasteiger partial charge in [-0.1, -0.05) is 36.4 Å². The molecule has 0 atom stereocenters. The van der Waals surface area contributed by atoms with Gasteiger partial charge in [0.25, 0.3) is 0 Å². The minimum atomic E-state index is -3.57. The molecule has 0 radical (unpaired) electrons. The Kier molecular flexibility index (Phi) is 8.14. The molecule has 3 rings (SSSR count). The Bertz CT molecular complexity index is 1210. The Morgan fingerprint density at radius 2 is 1.56 bits per heavy atom. The van der Waals surface area contributed by atoms with Crippen LogP contribution < -0.4 is 4.90 Å². The van der Waals surface area contributed by atoms with Crippen molar-refractivity contribution < 1.29 is 18.1 Å². The van der Waals surface area contributed by atoms with Crippen LogP contribution in [0.3, 0.4) is 0 Å². The lowest BCUT2D eigenvalue weighted by Gasteiger charge is -2.29. The number of ketones is 1. The minimum Gasteiger partial charge on any atom is -0.340 e. The van der Waals surface area contributed by atoms with E-state index in [0.29, 0.717) is 28.8 Å². The number of nitrogens with zero attached hydrogens (tertiary/aromatic N) is 3. The Balaban J connectivity index is 1.96. The van der Waals surface area contributed by atoms with Crippen molar-refractivity contribution in [3.63, 3.8) is 0 Å². The highest BCUT2D eigenvalue weighted by atomic mass is 32.2. The quantitative estimate of drug-likeness (QED) is 0.492. The lowest BCUT2D eigenvalue weighted by molar-refractivity contribution is -0.858. The summed E-state index contributed by atoms with van der Waals surface area (Å²) in [7, 11) is 0.383. The monoisotopic (exact) mass is 475 g/mol. The fraction of sp³-hybridized carbons (Fsp3) is 0.269. The van der Waals surface area contributed by atoms with E-state index in [1.807, 2.05) is 14.1 Å². The van der Waals surface area contributed by atoms with Gasteiger partial charge in [0.15, 0.2) is 11.5 Å². The first-order valence-electron chi connectivity index (χ1n) is 10.9. The largest absolute Gasteiger partial charge is 0.340 e. The van der Waals surface area contributed by atoms with E-state index in [4.69, 9.17) is 11.8 Å². The summed E-state index contributed by atoms with van der Waals surface area (Å²) in [6.07, 6.45) is 3.90. The van der Waals surface area contributed by atoms with Crippen LogP contribution in [0.5, 0.6) is 0 Å². The zero-order valence-electron chi connectivity index (χ0n) is 19.3. The summed E-state index contributed by atoms with van der Waals surface area (Å²) in [6, 6.07) is 15.7. The zero-order chi connectivity index (χ0) is 24.7. The maximum Gasteiger partial charge on any atom is 0.214 e. The van der Waals surface area contributed by atoms with Crippen LogP contribution in [0.4, 0.5) is 5.69 Å². The maximum absolute atomic E-state index is 13.3. The number of quaternary nitrogens is 1. The molecule has 1 fully saturated rings. The number of nitriles is 1. The molecule has 34 heavy (non-hydrogen) atoms. The highest BCUT2D eigenvalue weighted by Gasteiger charge is 2.33. The first-order chi connectivity index (χ1) is 16.2. The molecule has 0 aliphatic carbocycles. The Labute approximate surface area is 201 Å². The molecule has 8 heteroatoms. The van der Waals surface area contributed by atoms with Gasteiger partial charge in [-0.15, -0.1) is 0 Å². The van der Waals surface area contributed by atoms with Gasteiger partial charge in [0.2, 0.25) is 10.0 Å². The molecule has 2 aromatic rings. The smallest absolute Gasteiger partial charge is 0.214 e. The van der Waals surface area contributed by atoms with Gasteiger partial charge in [-0.05, 0) is 35.4 Å². The molecule has 174 valence electrons. The minimum absolute atomic E-state index is 0.00396. The van der Waals surface area contributed by atoms with Crippen LogP contribution >= 0.6 is 0 Å². The third kappa shape index (κ3) is 6.49. The van der Waals surface area contributed by atoms with Crippen LogP contribution in [0.25, 0.3) is 17.0 Å². The summed E-state index contributed by atoms with van der Waals surface area (Å²) in [5.74, 6) is -0.188. The normalized spacial score (nSPS) is 17.1. The highest BCUT2D eigenvalue weighted by molar-refractivity contribution is 7.89. The fourth-order valence-electron chi connectivity index (χ4n) is 3.64. The van der Waals surface area contributed by atoms with Gasteiger partial charge in [-0.25, -0.2) is 13.3 Å². The second kappa shape index (κ2) is 11.0. The molecule has 0 bridgehead atoms. The topological polar surface area (TPSA) is 87.0 Å². The van der Waals surface area contributed by atoms with Crippen LogP contribution in [0.2, 0.25) is 0 Å². The zero-order valence-corrected chi connectivity index (χ0v) is 20.1. The van der Waals surface area contributed by atoms with E-state index in [1.54, 1.807) is 60.7 Å². The van der Waals surface area contributed by atoms with Gasteiger partial charge in [0.05, 0.1) is 44.6 Å². The van der Waals surface area contributed by atoms with Gasteiger partial charge in [-0.2, -0.15) is 9.57 Å². The molecule has 0 unspecified atom stereocenters. The highest BCUT2D eigenvalue weighted by Crippen LogP contribution is 2.25. The van der Waals surface area contributed by atoms with Gasteiger partial charge < -0.3 is 4.90 Å². The first-order valence-corrected chi connectivity index (χ1v) is 12.5. The molecule has 1 aliphatic heterocycles. The SMILES string of the molecule is [C-]#[N+]c1ccc(/C=C2\CN(S(=O)(=O)CCC[NH+](C)C)C/C(=C\c3ccc(C#N)cc3)C2=O)cc1. The van der Waals surface area contributed by atoms with Crippen molar-refractivity contribution in [3.8, 4) is 6.07 Å². The van der Waals surface area contributed by atoms with Gasteiger partial charge >= 0.3 is 0 Å². The molecule has 1 heterocycles. The molecule has 7 nitrogen and oxygen atoms in total. The Morgan fingerprint density at radius 3 is 2.03 bits per heavy atom. The molecular formula is C26H27N4O3S+. The van der Waals surface area contributed by atoms with Crippen molar-refractivity contribution in [1.82, 2.24) is 4.31 Å². The standard InChI is InChI=1S/C26H26N4O3S/c1-28-25-11-9-21(10-12-25)16-24-19-30(34(32,33)14-4-13-29(2)3)18-23(26(24)31)15-20-5-7-22(17-27)8-6-20/h5-12,15-16H,4,13-14,18-19H2,2-3H3/p+1/b23-15+,24-16+. The van der Waals surface area contributed by atoms with Crippen LogP contribution in [-0.4, -0.2) is 58.0 Å². The molecule has 1 saturated heterocycles. The average Bonchev–Trinajstić information content (AvgIpc) is 2.82. The fourth-order valence-corrected chi connectivity index (χ4v) is 5.08. The first kappa shape index (κ1) is 25.1. The number of benzene rings is 2. The van der Waals surface area contributed by atoms with Crippen LogP contribution in [0.15, 0.2) is 59.7 Å². The van der Waals surface area contributed by atoms with Crippen molar-refractivity contribution in [2.24, 2.45) is 0 Å². The molecule has 1 N–H and O–H groups in total. The predicted molar refractivity (Wildman–Crippen MR) is 132 cm³/mol. The Morgan fingerprint density at radius 1 is 1.03 bits per heavy atom. The summed E-state index contributed by atoms with van der Waals surface area (Å²) in [4.78, 5) is 17.8. The number of rotatable bonds is 7. The summed E-state index contributed by atoms with van der Waals surface area (Å²) >= 11 is 0. The van der Waals surface area contributed by atoms with Crippen molar-refractivity contribution >= 4 is 33.6 Å². The van der Waals surface area contributed by atoms with Crippen molar-refractivity contribution in [2.45, 2.75) is 6.42 Å². The van der Waals surface area contributed by atoms with E-state index in [-0.39, 0.29) is 24.6 Å². The number of hydrogen-bond acceptors (Lipinski definition) is 4. The average molecular weight is 476 g/mol. The molecule has 2 aromatic carbocycles. The number of nitrogens with one attached hydrogen (secondary N) is 1. The van der Waals surface area contributed by atoms with Gasteiger partial charge in [-0.3, -0.25) is 4.79 Å². The lowest BCUT2D eigenvalue weighted by atomic mass is 9.95. The van der Waals surface area contributed by atoms with E-state index in [1.165, 1.54) is 9.21 Å². The van der Waals surface area contributed by atoms with E-state index >= 15 is 0 Å². The van der Waals surface area contributed by atoms with E-state index in [2.05, 4.69) is 10.9 Å². The summed E-state index contributed by atoms with van der Waals surface area (Å²) in [6.45, 7) is 7.83. The Hall–Kier alpha value is -3.56. The molecular weight excluding hydrogens is 448 g/mol. The van der Waals surface area contributed by atoms with Crippen molar-refractivity contribution in [1.29, 1.82) is 5.26 Å². The molecule has 0 spiro atoms. The second-order valence-electron chi connectivity index (χ2n) is 8.50. The number of carbonyl (C=O) groups excluding carboxylic acids is 1. The van der Waals surface area contributed by atoms with Crippen LogP contribution in [0, 0.1) is 17.9 Å².